The monoisotopic (exact) mass is 484 g/mol. The Morgan fingerprint density at radius 1 is 1.15 bits per heavy atom. The van der Waals surface area contributed by atoms with Crippen LogP contribution in [-0.2, 0) is 14.3 Å². The van der Waals surface area contributed by atoms with E-state index in [0.717, 1.165) is 28.4 Å². The van der Waals surface area contributed by atoms with Crippen LogP contribution in [0.2, 0.25) is 0 Å². The maximum atomic E-state index is 14.2. The Balaban J connectivity index is 1.95. The molecule has 0 radical (unpaired) electrons. The number of ether oxygens (including phenoxy) is 1. The normalized spacial score (nSPS) is 17.3. The van der Waals surface area contributed by atoms with E-state index in [0.29, 0.717) is 5.56 Å². The Hall–Kier alpha value is -3.92. The lowest BCUT2D eigenvalue weighted by Gasteiger charge is -2.23. The third-order valence-corrected chi connectivity index (χ3v) is 6.55. The van der Waals surface area contributed by atoms with Crippen LogP contribution in [0.4, 0.5) is 13.9 Å². The second kappa shape index (κ2) is 8.79. The van der Waals surface area contributed by atoms with Gasteiger partial charge in [-0.2, -0.15) is 0 Å². The van der Waals surface area contributed by atoms with Crippen molar-refractivity contribution in [1.29, 1.82) is 0 Å². The molecule has 1 aliphatic heterocycles. The number of ketones is 1. The van der Waals surface area contributed by atoms with E-state index in [1.165, 1.54) is 51.3 Å². The summed E-state index contributed by atoms with van der Waals surface area (Å²) in [7, 11) is 1.20. The number of hydrogen-bond donors (Lipinski definition) is 1. The van der Waals surface area contributed by atoms with Crippen molar-refractivity contribution < 1.29 is 33.0 Å². The van der Waals surface area contributed by atoms with Crippen molar-refractivity contribution in [3.05, 3.63) is 86.9 Å². The van der Waals surface area contributed by atoms with Crippen LogP contribution in [0.1, 0.15) is 38.1 Å². The summed E-state index contributed by atoms with van der Waals surface area (Å²) < 4.78 is 33.0. The molecular formula is C24H18F2N2O5S. The van der Waals surface area contributed by atoms with Crippen LogP contribution in [0.5, 0.6) is 0 Å². The largest absolute Gasteiger partial charge is 0.507 e. The molecule has 1 fully saturated rings. The third-order valence-electron chi connectivity index (χ3n) is 5.42. The number of aromatic nitrogens is 1. The fraction of sp³-hybridized carbons (Fsp3) is 0.167. The van der Waals surface area contributed by atoms with Crippen LogP contribution >= 0.6 is 11.3 Å². The number of nitrogens with zero attached hydrogens (tertiary/aromatic N) is 2. The number of carbonyl (C=O) groups is 3. The van der Waals surface area contributed by atoms with Crippen molar-refractivity contribution in [3.63, 3.8) is 0 Å². The fourth-order valence-electron chi connectivity index (χ4n) is 3.68. The summed E-state index contributed by atoms with van der Waals surface area (Å²) in [5.41, 5.74) is 0.403. The van der Waals surface area contributed by atoms with Gasteiger partial charge in [0.15, 0.2) is 5.13 Å². The molecule has 0 saturated carbocycles. The molecule has 1 N–H and O–H groups in total. The molecule has 2 heterocycles. The van der Waals surface area contributed by atoms with E-state index in [-0.39, 0.29) is 32.4 Å². The zero-order valence-electron chi connectivity index (χ0n) is 18.3. The number of amides is 1. The maximum Gasteiger partial charge on any atom is 0.350 e. The number of Topliss-reactive ketones (excluding diaryl/α,β-unsaturated/α-hetero) is 1. The second-order valence-electron chi connectivity index (χ2n) is 7.59. The Bertz CT molecular complexity index is 1380. The van der Waals surface area contributed by atoms with E-state index in [1.807, 2.05) is 0 Å². The van der Waals surface area contributed by atoms with Gasteiger partial charge < -0.3 is 9.84 Å². The summed E-state index contributed by atoms with van der Waals surface area (Å²) in [6.45, 7) is 3.07. The lowest BCUT2D eigenvalue weighted by Crippen LogP contribution is -2.29. The number of aryl methyl sites for hydroxylation is 2. The zero-order valence-corrected chi connectivity index (χ0v) is 19.1. The molecular weight excluding hydrogens is 466 g/mol. The van der Waals surface area contributed by atoms with Gasteiger partial charge in [0, 0.05) is 5.56 Å². The summed E-state index contributed by atoms with van der Waals surface area (Å²) in [5.74, 6) is -4.62. The number of rotatable bonds is 4. The SMILES string of the molecule is COC(=O)c1sc(N2C(=O)C(=O)C(=C(O)c3ccc(C)c(F)c3)[C@@H]2c2cccc(F)c2)nc1C. The number of methoxy groups -OCH3 is 1. The Morgan fingerprint density at radius 2 is 1.88 bits per heavy atom. The van der Waals surface area contributed by atoms with E-state index < -0.39 is 41.1 Å². The van der Waals surface area contributed by atoms with E-state index in [9.17, 15) is 28.3 Å². The molecule has 3 aromatic rings. The van der Waals surface area contributed by atoms with E-state index in [4.69, 9.17) is 4.74 Å². The zero-order chi connectivity index (χ0) is 24.7. The number of esters is 1. The second-order valence-corrected chi connectivity index (χ2v) is 8.57. The highest BCUT2D eigenvalue weighted by Gasteiger charge is 2.48. The average Bonchev–Trinajstić information content (AvgIpc) is 3.31. The van der Waals surface area contributed by atoms with Gasteiger partial charge >= 0.3 is 11.9 Å². The van der Waals surface area contributed by atoms with Crippen molar-refractivity contribution in [2.45, 2.75) is 19.9 Å². The molecule has 1 aliphatic rings. The fourth-order valence-corrected chi connectivity index (χ4v) is 4.70. The minimum absolute atomic E-state index is 0.0107. The maximum absolute atomic E-state index is 14.2. The van der Waals surface area contributed by atoms with E-state index in [2.05, 4.69) is 4.98 Å². The summed E-state index contributed by atoms with van der Waals surface area (Å²) in [5, 5.41) is 11.0. The van der Waals surface area contributed by atoms with Gasteiger partial charge in [-0.25, -0.2) is 18.6 Å². The molecule has 0 aliphatic carbocycles. The first-order valence-electron chi connectivity index (χ1n) is 10.0. The van der Waals surface area contributed by atoms with Gasteiger partial charge in [0.2, 0.25) is 0 Å². The lowest BCUT2D eigenvalue weighted by molar-refractivity contribution is -0.132. The van der Waals surface area contributed by atoms with E-state index in [1.54, 1.807) is 0 Å². The molecule has 4 rings (SSSR count). The molecule has 2 aromatic carbocycles. The molecule has 34 heavy (non-hydrogen) atoms. The quantitative estimate of drug-likeness (QED) is 0.254. The van der Waals surface area contributed by atoms with Crippen molar-refractivity contribution in [2.24, 2.45) is 0 Å². The van der Waals surface area contributed by atoms with Gasteiger partial charge in [-0.1, -0.05) is 35.6 Å². The molecule has 1 aromatic heterocycles. The number of halogens is 2. The van der Waals surface area contributed by atoms with Gasteiger partial charge in [-0.05, 0) is 43.2 Å². The van der Waals surface area contributed by atoms with Crippen molar-refractivity contribution in [1.82, 2.24) is 4.98 Å². The molecule has 1 atom stereocenters. The number of thiazole rings is 1. The smallest absolute Gasteiger partial charge is 0.350 e. The number of anilines is 1. The van der Waals surface area contributed by atoms with Crippen molar-refractivity contribution >= 4 is 39.9 Å². The predicted molar refractivity (Wildman–Crippen MR) is 121 cm³/mol. The first-order chi connectivity index (χ1) is 16.1. The summed E-state index contributed by atoms with van der Waals surface area (Å²) in [6.07, 6.45) is 0. The van der Waals surface area contributed by atoms with Crippen LogP contribution in [0, 0.1) is 25.5 Å². The van der Waals surface area contributed by atoms with Crippen LogP contribution in [0.25, 0.3) is 5.76 Å². The summed E-state index contributed by atoms with van der Waals surface area (Å²) >= 11 is 0.821. The molecule has 0 spiro atoms. The molecule has 174 valence electrons. The van der Waals surface area contributed by atoms with Gasteiger partial charge in [0.25, 0.3) is 5.78 Å². The summed E-state index contributed by atoms with van der Waals surface area (Å²) in [4.78, 5) is 43.6. The minimum atomic E-state index is -1.27. The lowest BCUT2D eigenvalue weighted by atomic mass is 9.95. The molecule has 0 bridgehead atoms. The van der Waals surface area contributed by atoms with Crippen LogP contribution in [0.3, 0.4) is 0 Å². The highest BCUT2D eigenvalue weighted by atomic mass is 32.1. The Kier molecular flexibility index (Phi) is 6.01. The van der Waals surface area contributed by atoms with Gasteiger partial charge in [0.1, 0.15) is 22.3 Å². The standard InChI is InChI=1S/C24H18F2N2O5S/c1-11-7-8-14(10-16(11)26)19(29)17-18(13-5-4-6-15(25)9-13)28(22(31)20(17)30)24-27-12(2)21(34-24)23(32)33-3/h4-10,18,29H,1-3H3/t18-/m0/s1. The first kappa shape index (κ1) is 23.2. The average molecular weight is 484 g/mol. The number of benzene rings is 2. The van der Waals surface area contributed by atoms with Crippen molar-refractivity contribution in [2.75, 3.05) is 12.0 Å². The third kappa shape index (κ3) is 3.86. The topological polar surface area (TPSA) is 96.8 Å². The molecule has 1 amide bonds. The molecule has 1 saturated heterocycles. The van der Waals surface area contributed by atoms with Crippen LogP contribution < -0.4 is 4.90 Å². The number of carbonyl (C=O) groups excluding carboxylic acids is 3. The number of aliphatic hydroxyl groups excluding tert-OH is 1. The Morgan fingerprint density at radius 3 is 2.53 bits per heavy atom. The van der Waals surface area contributed by atoms with Crippen LogP contribution in [0.15, 0.2) is 48.0 Å². The molecule has 0 unspecified atom stereocenters. The van der Waals surface area contributed by atoms with E-state index >= 15 is 0 Å². The Labute approximate surface area is 196 Å². The molecule has 7 nitrogen and oxygen atoms in total. The summed E-state index contributed by atoms with van der Waals surface area (Å²) in [6, 6.07) is 7.79. The van der Waals surface area contributed by atoms with Gasteiger partial charge in [-0.3, -0.25) is 14.5 Å². The van der Waals surface area contributed by atoms with Crippen molar-refractivity contribution in [3.8, 4) is 0 Å². The number of hydrogen-bond acceptors (Lipinski definition) is 7. The van der Waals surface area contributed by atoms with Crippen LogP contribution in [-0.4, -0.2) is 34.9 Å². The minimum Gasteiger partial charge on any atom is -0.507 e. The highest BCUT2D eigenvalue weighted by molar-refractivity contribution is 7.17. The predicted octanol–water partition coefficient (Wildman–Crippen LogP) is 4.45. The first-order valence-corrected chi connectivity index (χ1v) is 10.8. The number of aliphatic hydroxyl groups is 1. The highest BCUT2D eigenvalue weighted by Crippen LogP contribution is 2.44. The van der Waals surface area contributed by atoms with Gasteiger partial charge in [-0.15, -0.1) is 0 Å². The molecule has 10 heteroatoms. The van der Waals surface area contributed by atoms with Gasteiger partial charge in [0.05, 0.1) is 24.4 Å².